The molecule has 0 spiro atoms. The fraction of sp³-hybridized carbons (Fsp3) is 0.350. The summed E-state index contributed by atoms with van der Waals surface area (Å²) in [5, 5.41) is 0. The lowest BCUT2D eigenvalue weighted by molar-refractivity contribution is 0.420. The van der Waals surface area contributed by atoms with E-state index in [4.69, 9.17) is 10.7 Å². The number of rotatable bonds is 3. The van der Waals surface area contributed by atoms with Gasteiger partial charge in [0.2, 0.25) is 0 Å². The second-order valence-corrected chi connectivity index (χ2v) is 6.59. The smallest absolute Gasteiger partial charge is 0.113 e. The molecular weight excluding hydrogens is 282 g/mol. The number of aromatic nitrogens is 2. The molecule has 1 aliphatic carbocycles. The Balaban J connectivity index is 1.83. The second-order valence-electron chi connectivity index (χ2n) is 6.59. The average Bonchev–Trinajstić information content (AvgIpc) is 2.97. The number of para-hydroxylation sites is 1. The molecule has 3 aromatic rings. The van der Waals surface area contributed by atoms with Crippen molar-refractivity contribution in [2.45, 2.75) is 44.6 Å². The Labute approximate surface area is 137 Å². The van der Waals surface area contributed by atoms with E-state index in [0.717, 1.165) is 23.3 Å². The summed E-state index contributed by atoms with van der Waals surface area (Å²) in [5.41, 5.74) is 10.4. The maximum absolute atomic E-state index is 6.19. The molecule has 0 saturated heterocycles. The molecule has 0 bridgehead atoms. The molecule has 23 heavy (non-hydrogen) atoms. The van der Waals surface area contributed by atoms with Crippen molar-refractivity contribution in [3.63, 3.8) is 0 Å². The van der Waals surface area contributed by atoms with Crippen molar-refractivity contribution in [3.05, 3.63) is 59.9 Å². The van der Waals surface area contributed by atoms with Gasteiger partial charge in [-0.2, -0.15) is 0 Å². The fourth-order valence-corrected chi connectivity index (χ4v) is 3.79. The van der Waals surface area contributed by atoms with E-state index in [2.05, 4.69) is 41.0 Å². The van der Waals surface area contributed by atoms with Crippen molar-refractivity contribution in [2.75, 3.05) is 5.73 Å². The first kappa shape index (κ1) is 14.3. The van der Waals surface area contributed by atoms with Gasteiger partial charge in [0.1, 0.15) is 11.3 Å². The zero-order valence-electron chi connectivity index (χ0n) is 13.4. The molecular formula is C20H23N3. The minimum Gasteiger partial charge on any atom is -0.397 e. The van der Waals surface area contributed by atoms with Gasteiger partial charge >= 0.3 is 0 Å². The molecule has 1 aromatic heterocycles. The van der Waals surface area contributed by atoms with Crippen LogP contribution in [0, 0.1) is 0 Å². The molecule has 0 unspecified atom stereocenters. The van der Waals surface area contributed by atoms with Crippen LogP contribution in [0.1, 0.15) is 49.4 Å². The van der Waals surface area contributed by atoms with Crippen LogP contribution in [-0.2, 0) is 6.54 Å². The normalized spacial score (nSPS) is 16.0. The molecule has 3 nitrogen and oxygen atoms in total. The highest BCUT2D eigenvalue weighted by atomic mass is 15.1. The van der Waals surface area contributed by atoms with Gasteiger partial charge in [0, 0.05) is 12.5 Å². The Morgan fingerprint density at radius 2 is 1.74 bits per heavy atom. The summed E-state index contributed by atoms with van der Waals surface area (Å²) in [6.45, 7) is 0.868. The van der Waals surface area contributed by atoms with Gasteiger partial charge in [-0.25, -0.2) is 4.98 Å². The number of hydrogen-bond donors (Lipinski definition) is 1. The number of nitrogen functional groups attached to an aromatic ring is 1. The van der Waals surface area contributed by atoms with E-state index in [1.54, 1.807) is 0 Å². The summed E-state index contributed by atoms with van der Waals surface area (Å²) in [6, 6.07) is 16.8. The van der Waals surface area contributed by atoms with Crippen LogP contribution in [0.2, 0.25) is 0 Å². The molecule has 0 amide bonds. The SMILES string of the molecule is Nc1cccc2c1nc(C1CCCCC1)n2Cc1ccccc1. The van der Waals surface area contributed by atoms with Gasteiger partial charge in [-0.3, -0.25) is 0 Å². The number of anilines is 1. The summed E-state index contributed by atoms with van der Waals surface area (Å²) in [4.78, 5) is 4.97. The largest absolute Gasteiger partial charge is 0.397 e. The highest BCUT2D eigenvalue weighted by Gasteiger charge is 2.23. The second kappa shape index (κ2) is 6.07. The molecule has 1 saturated carbocycles. The van der Waals surface area contributed by atoms with Gasteiger partial charge in [-0.05, 0) is 30.5 Å². The van der Waals surface area contributed by atoms with E-state index in [0.29, 0.717) is 5.92 Å². The molecule has 118 valence electrons. The number of hydrogen-bond acceptors (Lipinski definition) is 2. The van der Waals surface area contributed by atoms with Crippen molar-refractivity contribution >= 4 is 16.7 Å². The third kappa shape index (κ3) is 2.72. The Hall–Kier alpha value is -2.29. The van der Waals surface area contributed by atoms with Gasteiger partial charge in [-0.15, -0.1) is 0 Å². The molecule has 1 fully saturated rings. The Kier molecular flexibility index (Phi) is 3.78. The quantitative estimate of drug-likeness (QED) is 0.712. The first-order valence-corrected chi connectivity index (χ1v) is 8.61. The topological polar surface area (TPSA) is 43.8 Å². The van der Waals surface area contributed by atoms with E-state index >= 15 is 0 Å². The number of fused-ring (bicyclic) bond motifs is 1. The zero-order valence-corrected chi connectivity index (χ0v) is 13.4. The van der Waals surface area contributed by atoms with Crippen LogP contribution in [0.15, 0.2) is 48.5 Å². The molecule has 0 atom stereocenters. The summed E-state index contributed by atoms with van der Waals surface area (Å²) in [6.07, 6.45) is 6.48. The Morgan fingerprint density at radius 1 is 0.957 bits per heavy atom. The lowest BCUT2D eigenvalue weighted by Crippen LogP contribution is -2.13. The van der Waals surface area contributed by atoms with Gasteiger partial charge in [0.25, 0.3) is 0 Å². The number of nitrogens with zero attached hydrogens (tertiary/aromatic N) is 2. The Morgan fingerprint density at radius 3 is 2.52 bits per heavy atom. The number of imidazole rings is 1. The van der Waals surface area contributed by atoms with Crippen molar-refractivity contribution in [1.29, 1.82) is 0 Å². The van der Waals surface area contributed by atoms with Crippen LogP contribution in [0.3, 0.4) is 0 Å². The van der Waals surface area contributed by atoms with Crippen LogP contribution < -0.4 is 5.73 Å². The lowest BCUT2D eigenvalue weighted by Gasteiger charge is -2.22. The number of benzene rings is 2. The standard InChI is InChI=1S/C20H23N3/c21-17-12-7-13-18-19(17)22-20(16-10-5-2-6-11-16)23(18)14-15-8-3-1-4-9-15/h1,3-4,7-9,12-13,16H,2,5-6,10-11,14,21H2. The maximum Gasteiger partial charge on any atom is 0.113 e. The average molecular weight is 305 g/mol. The predicted molar refractivity (Wildman–Crippen MR) is 95.5 cm³/mol. The van der Waals surface area contributed by atoms with Crippen molar-refractivity contribution < 1.29 is 0 Å². The minimum absolute atomic E-state index is 0.569. The van der Waals surface area contributed by atoms with Crippen molar-refractivity contribution in [3.8, 4) is 0 Å². The first-order chi connectivity index (χ1) is 11.3. The monoisotopic (exact) mass is 305 g/mol. The number of nitrogens with two attached hydrogens (primary N) is 1. The van der Waals surface area contributed by atoms with E-state index in [9.17, 15) is 0 Å². The van der Waals surface area contributed by atoms with Crippen molar-refractivity contribution in [1.82, 2.24) is 9.55 Å². The van der Waals surface area contributed by atoms with Crippen LogP contribution in [0.25, 0.3) is 11.0 Å². The molecule has 0 radical (unpaired) electrons. The van der Waals surface area contributed by atoms with E-state index in [1.165, 1.54) is 43.5 Å². The van der Waals surface area contributed by atoms with Crippen LogP contribution in [0.4, 0.5) is 5.69 Å². The highest BCUT2D eigenvalue weighted by molar-refractivity contribution is 5.87. The van der Waals surface area contributed by atoms with Gasteiger partial charge < -0.3 is 10.3 Å². The molecule has 2 N–H and O–H groups in total. The van der Waals surface area contributed by atoms with Crippen LogP contribution >= 0.6 is 0 Å². The summed E-state index contributed by atoms with van der Waals surface area (Å²) < 4.78 is 2.39. The minimum atomic E-state index is 0.569. The Bertz CT molecular complexity index is 798. The lowest BCUT2D eigenvalue weighted by atomic mass is 9.88. The van der Waals surface area contributed by atoms with E-state index in [1.807, 2.05) is 12.1 Å². The zero-order chi connectivity index (χ0) is 15.6. The van der Waals surface area contributed by atoms with E-state index < -0.39 is 0 Å². The summed E-state index contributed by atoms with van der Waals surface area (Å²) in [7, 11) is 0. The van der Waals surface area contributed by atoms with Crippen LogP contribution in [-0.4, -0.2) is 9.55 Å². The van der Waals surface area contributed by atoms with E-state index in [-0.39, 0.29) is 0 Å². The fourth-order valence-electron chi connectivity index (χ4n) is 3.79. The molecule has 0 aliphatic heterocycles. The van der Waals surface area contributed by atoms with Gasteiger partial charge in [0.05, 0.1) is 11.2 Å². The molecule has 3 heteroatoms. The third-order valence-corrected chi connectivity index (χ3v) is 4.99. The molecule has 2 aromatic carbocycles. The summed E-state index contributed by atoms with van der Waals surface area (Å²) in [5.74, 6) is 1.79. The summed E-state index contributed by atoms with van der Waals surface area (Å²) >= 11 is 0. The van der Waals surface area contributed by atoms with Crippen molar-refractivity contribution in [2.24, 2.45) is 0 Å². The predicted octanol–water partition coefficient (Wildman–Crippen LogP) is 4.71. The molecule has 1 heterocycles. The molecule has 1 aliphatic rings. The first-order valence-electron chi connectivity index (χ1n) is 8.61. The van der Waals surface area contributed by atoms with Crippen LogP contribution in [0.5, 0.6) is 0 Å². The van der Waals surface area contributed by atoms with Gasteiger partial charge in [-0.1, -0.05) is 55.7 Å². The molecule has 4 rings (SSSR count). The maximum atomic E-state index is 6.19. The highest BCUT2D eigenvalue weighted by Crippen LogP contribution is 2.35. The van der Waals surface area contributed by atoms with Gasteiger partial charge in [0.15, 0.2) is 0 Å². The third-order valence-electron chi connectivity index (χ3n) is 4.99.